The standard InChI is InChI=1S/C16H18N6O2S/c1-10-13(11(2)24-22-10)4-3-7-17-14-6-5-12(8-18-14)15(23)20-16-21-19-9-25-16/h5-6,8-9H,3-4,7H2,1-2H3,(H,17,18)(H,20,21,23). The summed E-state index contributed by atoms with van der Waals surface area (Å²) in [5.41, 5.74) is 4.14. The maximum absolute atomic E-state index is 12.0. The first-order valence-corrected chi connectivity index (χ1v) is 8.70. The number of aromatic nitrogens is 4. The average molecular weight is 358 g/mol. The van der Waals surface area contributed by atoms with Crippen molar-refractivity contribution in [1.29, 1.82) is 0 Å². The summed E-state index contributed by atoms with van der Waals surface area (Å²) in [6, 6.07) is 3.50. The zero-order chi connectivity index (χ0) is 17.6. The number of nitrogens with one attached hydrogen (secondary N) is 2. The monoisotopic (exact) mass is 358 g/mol. The lowest BCUT2D eigenvalue weighted by atomic mass is 10.1. The quantitative estimate of drug-likeness (QED) is 0.626. The van der Waals surface area contributed by atoms with Crippen LogP contribution in [0, 0.1) is 13.8 Å². The molecule has 0 unspecified atom stereocenters. The molecular weight excluding hydrogens is 340 g/mol. The van der Waals surface area contributed by atoms with Crippen LogP contribution in [0.25, 0.3) is 0 Å². The van der Waals surface area contributed by atoms with Crippen LogP contribution in [0.2, 0.25) is 0 Å². The molecule has 0 aliphatic heterocycles. The van der Waals surface area contributed by atoms with Gasteiger partial charge in [-0.2, -0.15) is 0 Å². The molecule has 3 rings (SSSR count). The van der Waals surface area contributed by atoms with Gasteiger partial charge in [0.05, 0.1) is 11.3 Å². The zero-order valence-corrected chi connectivity index (χ0v) is 14.8. The van der Waals surface area contributed by atoms with E-state index >= 15 is 0 Å². The Bertz CT molecular complexity index is 809. The summed E-state index contributed by atoms with van der Waals surface area (Å²) in [5, 5.41) is 17.8. The van der Waals surface area contributed by atoms with Gasteiger partial charge in [0.15, 0.2) is 0 Å². The lowest BCUT2D eigenvalue weighted by molar-refractivity contribution is 0.102. The van der Waals surface area contributed by atoms with Gasteiger partial charge in [-0.05, 0) is 38.8 Å². The minimum Gasteiger partial charge on any atom is -0.370 e. The molecule has 0 fully saturated rings. The molecule has 2 N–H and O–H groups in total. The van der Waals surface area contributed by atoms with Gasteiger partial charge in [0.25, 0.3) is 5.91 Å². The van der Waals surface area contributed by atoms with E-state index in [0.29, 0.717) is 10.7 Å². The van der Waals surface area contributed by atoms with E-state index in [4.69, 9.17) is 4.52 Å². The molecule has 0 radical (unpaired) electrons. The van der Waals surface area contributed by atoms with Gasteiger partial charge in [0.1, 0.15) is 17.1 Å². The molecule has 0 saturated carbocycles. The molecule has 25 heavy (non-hydrogen) atoms. The van der Waals surface area contributed by atoms with Crippen LogP contribution < -0.4 is 10.6 Å². The van der Waals surface area contributed by atoms with Crippen LogP contribution >= 0.6 is 11.3 Å². The summed E-state index contributed by atoms with van der Waals surface area (Å²) >= 11 is 1.27. The minimum absolute atomic E-state index is 0.255. The van der Waals surface area contributed by atoms with Gasteiger partial charge in [0, 0.05) is 18.3 Å². The first-order valence-electron chi connectivity index (χ1n) is 7.82. The van der Waals surface area contributed by atoms with E-state index in [2.05, 4.69) is 31.0 Å². The number of hydrogen-bond acceptors (Lipinski definition) is 8. The van der Waals surface area contributed by atoms with Crippen molar-refractivity contribution in [1.82, 2.24) is 20.3 Å². The fourth-order valence-electron chi connectivity index (χ4n) is 2.37. The van der Waals surface area contributed by atoms with Crippen LogP contribution in [0.15, 0.2) is 28.4 Å². The lowest BCUT2D eigenvalue weighted by Crippen LogP contribution is -2.12. The molecule has 8 nitrogen and oxygen atoms in total. The molecule has 0 aliphatic carbocycles. The highest BCUT2D eigenvalue weighted by molar-refractivity contribution is 7.13. The van der Waals surface area contributed by atoms with E-state index in [1.165, 1.54) is 23.1 Å². The number of aryl methyl sites for hydroxylation is 2. The molecule has 3 heterocycles. The highest BCUT2D eigenvalue weighted by Crippen LogP contribution is 2.15. The van der Waals surface area contributed by atoms with Crippen molar-refractivity contribution in [2.75, 3.05) is 17.2 Å². The Morgan fingerprint density at radius 1 is 1.32 bits per heavy atom. The summed E-state index contributed by atoms with van der Waals surface area (Å²) < 4.78 is 5.16. The topological polar surface area (TPSA) is 106 Å². The van der Waals surface area contributed by atoms with Crippen LogP contribution in [0.5, 0.6) is 0 Å². The molecule has 0 bridgehead atoms. The maximum Gasteiger partial charge on any atom is 0.259 e. The smallest absolute Gasteiger partial charge is 0.259 e. The Morgan fingerprint density at radius 2 is 2.20 bits per heavy atom. The van der Waals surface area contributed by atoms with Crippen molar-refractivity contribution in [3.8, 4) is 0 Å². The van der Waals surface area contributed by atoms with Gasteiger partial charge in [-0.15, -0.1) is 10.2 Å². The van der Waals surface area contributed by atoms with Crippen molar-refractivity contribution in [2.45, 2.75) is 26.7 Å². The van der Waals surface area contributed by atoms with E-state index in [1.807, 2.05) is 13.8 Å². The van der Waals surface area contributed by atoms with Crippen molar-refractivity contribution >= 4 is 28.2 Å². The van der Waals surface area contributed by atoms with Gasteiger partial charge in [-0.3, -0.25) is 10.1 Å². The van der Waals surface area contributed by atoms with Crippen LogP contribution in [-0.4, -0.2) is 32.8 Å². The van der Waals surface area contributed by atoms with Crippen molar-refractivity contribution in [2.24, 2.45) is 0 Å². The number of pyridine rings is 1. The van der Waals surface area contributed by atoms with Crippen molar-refractivity contribution in [3.05, 3.63) is 46.4 Å². The summed E-state index contributed by atoms with van der Waals surface area (Å²) in [4.78, 5) is 16.3. The van der Waals surface area contributed by atoms with Crippen LogP contribution in [-0.2, 0) is 6.42 Å². The van der Waals surface area contributed by atoms with Gasteiger partial charge in [-0.1, -0.05) is 16.5 Å². The molecule has 1 amide bonds. The zero-order valence-electron chi connectivity index (χ0n) is 13.9. The first kappa shape index (κ1) is 17.0. The Morgan fingerprint density at radius 3 is 2.84 bits per heavy atom. The third-order valence-electron chi connectivity index (χ3n) is 3.70. The SMILES string of the molecule is Cc1noc(C)c1CCCNc1ccc(C(=O)Nc2nncs2)cn1. The second-order valence-corrected chi connectivity index (χ2v) is 6.30. The number of carbonyl (C=O) groups excluding carboxylic acids is 1. The number of anilines is 2. The number of rotatable bonds is 7. The fourth-order valence-corrected chi connectivity index (χ4v) is 2.81. The molecule has 130 valence electrons. The number of amides is 1. The van der Waals surface area contributed by atoms with Crippen molar-refractivity contribution in [3.63, 3.8) is 0 Å². The van der Waals surface area contributed by atoms with E-state index in [0.717, 1.165) is 36.7 Å². The van der Waals surface area contributed by atoms with Crippen LogP contribution in [0.1, 0.15) is 33.8 Å². The molecule has 3 aromatic rings. The summed E-state index contributed by atoms with van der Waals surface area (Å²) in [5.74, 6) is 1.35. The van der Waals surface area contributed by atoms with E-state index < -0.39 is 0 Å². The Kier molecular flexibility index (Phi) is 5.34. The number of hydrogen-bond donors (Lipinski definition) is 2. The lowest BCUT2D eigenvalue weighted by Gasteiger charge is -2.06. The predicted octanol–water partition coefficient (Wildman–Crippen LogP) is 2.83. The summed E-state index contributed by atoms with van der Waals surface area (Å²) in [6.07, 6.45) is 3.37. The molecule has 0 saturated heterocycles. The van der Waals surface area contributed by atoms with E-state index in [9.17, 15) is 4.79 Å². The molecule has 3 aromatic heterocycles. The van der Waals surface area contributed by atoms with Crippen LogP contribution in [0.3, 0.4) is 0 Å². The first-order chi connectivity index (χ1) is 12.1. The fraction of sp³-hybridized carbons (Fsp3) is 0.312. The third kappa shape index (κ3) is 4.38. The molecule has 0 atom stereocenters. The largest absolute Gasteiger partial charge is 0.370 e. The second kappa shape index (κ2) is 7.84. The van der Waals surface area contributed by atoms with E-state index in [-0.39, 0.29) is 5.91 Å². The molecule has 0 aliphatic rings. The van der Waals surface area contributed by atoms with Crippen LogP contribution in [0.4, 0.5) is 10.9 Å². The second-order valence-electron chi connectivity index (χ2n) is 5.46. The highest BCUT2D eigenvalue weighted by atomic mass is 32.1. The van der Waals surface area contributed by atoms with Gasteiger partial charge in [0.2, 0.25) is 5.13 Å². The maximum atomic E-state index is 12.0. The summed E-state index contributed by atoms with van der Waals surface area (Å²) in [6.45, 7) is 4.65. The van der Waals surface area contributed by atoms with Gasteiger partial charge < -0.3 is 9.84 Å². The highest BCUT2D eigenvalue weighted by Gasteiger charge is 2.09. The molecule has 0 spiro atoms. The average Bonchev–Trinajstić information content (AvgIpc) is 3.23. The van der Waals surface area contributed by atoms with Gasteiger partial charge >= 0.3 is 0 Å². The number of carbonyl (C=O) groups is 1. The predicted molar refractivity (Wildman–Crippen MR) is 94.9 cm³/mol. The van der Waals surface area contributed by atoms with Crippen molar-refractivity contribution < 1.29 is 9.32 Å². The Hall–Kier alpha value is -2.81. The summed E-state index contributed by atoms with van der Waals surface area (Å²) in [7, 11) is 0. The van der Waals surface area contributed by atoms with E-state index in [1.54, 1.807) is 17.6 Å². The Labute approximate surface area is 148 Å². The van der Waals surface area contributed by atoms with Gasteiger partial charge in [-0.25, -0.2) is 4.98 Å². The number of nitrogens with zero attached hydrogens (tertiary/aromatic N) is 4. The normalized spacial score (nSPS) is 10.6. The molecule has 9 heteroatoms. The third-order valence-corrected chi connectivity index (χ3v) is 4.30. The Balaban J connectivity index is 1.47. The minimum atomic E-state index is -0.255. The molecule has 0 aromatic carbocycles. The molecular formula is C16H18N6O2S.